The molecule has 1 aliphatic heterocycles. The van der Waals surface area contributed by atoms with Gasteiger partial charge in [-0.25, -0.2) is 4.98 Å². The number of hydrogen-bond donors (Lipinski definition) is 2. The fraction of sp³-hybridized carbons (Fsp3) is 0.600. The lowest BCUT2D eigenvalue weighted by Crippen LogP contribution is -2.41. The quantitative estimate of drug-likeness (QED) is 0.810. The molecule has 21 heavy (non-hydrogen) atoms. The minimum Gasteiger partial charge on any atom is -0.379 e. The van der Waals surface area contributed by atoms with E-state index in [1.54, 1.807) is 6.07 Å². The van der Waals surface area contributed by atoms with Crippen molar-refractivity contribution >= 4 is 11.7 Å². The fourth-order valence-electron chi connectivity index (χ4n) is 2.28. The maximum absolute atomic E-state index is 12.2. The Morgan fingerprint density at radius 3 is 2.81 bits per heavy atom. The summed E-state index contributed by atoms with van der Waals surface area (Å²) >= 11 is 0. The molecule has 0 aliphatic carbocycles. The van der Waals surface area contributed by atoms with Gasteiger partial charge in [0.25, 0.3) is 5.91 Å². The number of carbonyl (C=O) groups excluding carboxylic acids is 1. The summed E-state index contributed by atoms with van der Waals surface area (Å²) in [4.78, 5) is 18.9. The van der Waals surface area contributed by atoms with Crippen molar-refractivity contribution in [2.24, 2.45) is 0 Å². The van der Waals surface area contributed by atoms with Gasteiger partial charge in [-0.3, -0.25) is 9.69 Å². The van der Waals surface area contributed by atoms with E-state index in [9.17, 15) is 4.79 Å². The molecule has 6 heteroatoms. The van der Waals surface area contributed by atoms with Crippen LogP contribution in [0.25, 0.3) is 0 Å². The Hall–Kier alpha value is -1.66. The molecule has 0 aromatic carbocycles. The number of rotatable bonds is 6. The van der Waals surface area contributed by atoms with Gasteiger partial charge < -0.3 is 15.4 Å². The highest BCUT2D eigenvalue weighted by Crippen LogP contribution is 2.10. The van der Waals surface area contributed by atoms with E-state index in [-0.39, 0.29) is 5.91 Å². The Labute approximate surface area is 125 Å². The van der Waals surface area contributed by atoms with E-state index in [1.807, 2.05) is 20.0 Å². The molecule has 6 nitrogen and oxygen atoms in total. The van der Waals surface area contributed by atoms with Gasteiger partial charge in [0.2, 0.25) is 0 Å². The zero-order chi connectivity index (χ0) is 15.1. The van der Waals surface area contributed by atoms with Crippen LogP contribution in [0.1, 0.15) is 23.0 Å². The zero-order valence-electron chi connectivity index (χ0n) is 12.8. The molecule has 0 spiro atoms. The Morgan fingerprint density at radius 2 is 2.14 bits per heavy atom. The van der Waals surface area contributed by atoms with Crippen molar-refractivity contribution < 1.29 is 9.53 Å². The van der Waals surface area contributed by atoms with Gasteiger partial charge in [-0.15, -0.1) is 0 Å². The number of nitrogens with one attached hydrogen (secondary N) is 2. The second kappa shape index (κ2) is 7.95. The Bertz CT molecular complexity index is 450. The lowest BCUT2D eigenvalue weighted by molar-refractivity contribution is 0.0383. The lowest BCUT2D eigenvalue weighted by Gasteiger charge is -2.26. The maximum atomic E-state index is 12.2. The van der Waals surface area contributed by atoms with Crippen LogP contribution >= 0.6 is 0 Å². The van der Waals surface area contributed by atoms with Gasteiger partial charge >= 0.3 is 0 Å². The third-order valence-electron chi connectivity index (χ3n) is 3.58. The Kier molecular flexibility index (Phi) is 5.95. The molecule has 2 rings (SSSR count). The van der Waals surface area contributed by atoms with Crippen LogP contribution in [-0.4, -0.2) is 62.2 Å². The monoisotopic (exact) mass is 292 g/mol. The number of aromatic nitrogens is 1. The summed E-state index contributed by atoms with van der Waals surface area (Å²) < 4.78 is 5.30. The molecule has 1 aromatic rings. The smallest absolute Gasteiger partial charge is 0.251 e. The molecule has 0 radical (unpaired) electrons. The predicted octanol–water partition coefficient (Wildman–Crippen LogP) is 0.748. The van der Waals surface area contributed by atoms with Gasteiger partial charge in [0, 0.05) is 44.5 Å². The van der Waals surface area contributed by atoms with E-state index in [4.69, 9.17) is 4.74 Å². The molecule has 2 N–H and O–H groups in total. The molecular formula is C15H24N4O2. The average Bonchev–Trinajstić information content (AvgIpc) is 2.55. The summed E-state index contributed by atoms with van der Waals surface area (Å²) in [5.41, 5.74) is 1.58. The summed E-state index contributed by atoms with van der Waals surface area (Å²) in [6.07, 6.45) is 0.809. The minimum atomic E-state index is -0.0446. The van der Waals surface area contributed by atoms with Gasteiger partial charge in [0.1, 0.15) is 5.82 Å². The van der Waals surface area contributed by atoms with Crippen LogP contribution < -0.4 is 10.6 Å². The summed E-state index contributed by atoms with van der Waals surface area (Å²) in [5, 5.41) is 5.96. The van der Waals surface area contributed by atoms with E-state index in [0.717, 1.165) is 50.8 Å². The van der Waals surface area contributed by atoms with Crippen LogP contribution in [-0.2, 0) is 11.2 Å². The molecule has 1 amide bonds. The average molecular weight is 292 g/mol. The van der Waals surface area contributed by atoms with Gasteiger partial charge in [-0.05, 0) is 18.6 Å². The second-order valence-corrected chi connectivity index (χ2v) is 5.05. The summed E-state index contributed by atoms with van der Waals surface area (Å²) in [5.74, 6) is 0.685. The molecule has 1 aromatic heterocycles. The van der Waals surface area contributed by atoms with Crippen LogP contribution in [0.5, 0.6) is 0 Å². The van der Waals surface area contributed by atoms with Gasteiger partial charge in [-0.1, -0.05) is 6.92 Å². The number of hydrogen-bond acceptors (Lipinski definition) is 5. The molecule has 0 atom stereocenters. The SMILES string of the molecule is CCc1cc(C(=O)NCCN2CCOCC2)cc(NC)n1. The summed E-state index contributed by atoms with van der Waals surface area (Å²) in [7, 11) is 1.81. The maximum Gasteiger partial charge on any atom is 0.251 e. The zero-order valence-corrected chi connectivity index (χ0v) is 12.8. The highest BCUT2D eigenvalue weighted by Gasteiger charge is 2.12. The van der Waals surface area contributed by atoms with E-state index in [0.29, 0.717) is 12.1 Å². The van der Waals surface area contributed by atoms with Crippen molar-refractivity contribution in [3.05, 3.63) is 23.4 Å². The highest BCUT2D eigenvalue weighted by atomic mass is 16.5. The number of ether oxygens (including phenoxy) is 1. The third-order valence-corrected chi connectivity index (χ3v) is 3.58. The molecule has 116 valence electrons. The van der Waals surface area contributed by atoms with Crippen LogP contribution in [0.4, 0.5) is 5.82 Å². The van der Waals surface area contributed by atoms with Gasteiger partial charge in [0.05, 0.1) is 13.2 Å². The Morgan fingerprint density at radius 1 is 1.38 bits per heavy atom. The number of morpholine rings is 1. The topological polar surface area (TPSA) is 66.5 Å². The first-order valence-electron chi connectivity index (χ1n) is 7.50. The second-order valence-electron chi connectivity index (χ2n) is 5.05. The van der Waals surface area contributed by atoms with Crippen LogP contribution in [0.15, 0.2) is 12.1 Å². The van der Waals surface area contributed by atoms with Crippen LogP contribution in [0.3, 0.4) is 0 Å². The number of anilines is 1. The number of nitrogens with zero attached hydrogens (tertiary/aromatic N) is 2. The van der Waals surface area contributed by atoms with Crippen LogP contribution in [0, 0.1) is 0 Å². The third kappa shape index (κ3) is 4.68. The fourth-order valence-corrected chi connectivity index (χ4v) is 2.28. The normalized spacial score (nSPS) is 15.7. The van der Waals surface area contributed by atoms with E-state index >= 15 is 0 Å². The Balaban J connectivity index is 1.87. The molecule has 0 bridgehead atoms. The summed E-state index contributed by atoms with van der Waals surface area (Å²) in [6, 6.07) is 3.63. The lowest BCUT2D eigenvalue weighted by atomic mass is 10.2. The predicted molar refractivity (Wildman–Crippen MR) is 82.8 cm³/mol. The van der Waals surface area contributed by atoms with Crippen molar-refractivity contribution in [1.82, 2.24) is 15.2 Å². The van der Waals surface area contributed by atoms with Crippen molar-refractivity contribution in [3.63, 3.8) is 0 Å². The first kappa shape index (κ1) is 15.7. The first-order valence-corrected chi connectivity index (χ1v) is 7.50. The first-order chi connectivity index (χ1) is 10.2. The summed E-state index contributed by atoms with van der Waals surface area (Å²) in [6.45, 7) is 6.98. The van der Waals surface area contributed by atoms with Gasteiger partial charge in [-0.2, -0.15) is 0 Å². The number of amides is 1. The molecule has 1 aliphatic rings. The standard InChI is InChI=1S/C15H24N4O2/c1-3-13-10-12(11-14(16-2)18-13)15(20)17-4-5-19-6-8-21-9-7-19/h10-11H,3-9H2,1-2H3,(H,16,18)(H,17,20). The minimum absolute atomic E-state index is 0.0446. The molecule has 0 saturated carbocycles. The van der Waals surface area contributed by atoms with Crippen LogP contribution in [0.2, 0.25) is 0 Å². The largest absolute Gasteiger partial charge is 0.379 e. The molecule has 0 unspecified atom stereocenters. The van der Waals surface area contributed by atoms with E-state index in [2.05, 4.69) is 20.5 Å². The van der Waals surface area contributed by atoms with E-state index in [1.165, 1.54) is 0 Å². The van der Waals surface area contributed by atoms with Crippen molar-refractivity contribution in [2.45, 2.75) is 13.3 Å². The van der Waals surface area contributed by atoms with Crippen molar-refractivity contribution in [3.8, 4) is 0 Å². The molecular weight excluding hydrogens is 268 g/mol. The van der Waals surface area contributed by atoms with E-state index < -0.39 is 0 Å². The number of aryl methyl sites for hydroxylation is 1. The molecule has 1 fully saturated rings. The molecule has 1 saturated heterocycles. The number of carbonyl (C=O) groups is 1. The van der Waals surface area contributed by atoms with Gasteiger partial charge in [0.15, 0.2) is 0 Å². The van der Waals surface area contributed by atoms with Crippen molar-refractivity contribution in [1.29, 1.82) is 0 Å². The molecule has 2 heterocycles. The number of pyridine rings is 1. The highest BCUT2D eigenvalue weighted by molar-refractivity contribution is 5.95. The van der Waals surface area contributed by atoms with Crippen molar-refractivity contribution in [2.75, 3.05) is 51.8 Å².